The van der Waals surface area contributed by atoms with Gasteiger partial charge in [-0.25, -0.2) is 4.79 Å². The Labute approximate surface area is 176 Å². The van der Waals surface area contributed by atoms with Crippen molar-refractivity contribution in [2.24, 2.45) is 5.73 Å². The number of carbonyl (C=O) groups is 2. The fourth-order valence-electron chi connectivity index (χ4n) is 4.67. The van der Waals surface area contributed by atoms with E-state index < -0.39 is 5.97 Å². The van der Waals surface area contributed by atoms with E-state index >= 15 is 0 Å². The monoisotopic (exact) mass is 405 g/mol. The van der Waals surface area contributed by atoms with Gasteiger partial charge < -0.3 is 21.1 Å². The molecule has 2 aromatic rings. The van der Waals surface area contributed by atoms with Crippen molar-refractivity contribution in [2.45, 2.75) is 31.2 Å². The number of rotatable bonds is 6. The van der Waals surface area contributed by atoms with Crippen LogP contribution in [0.4, 0.5) is 0 Å². The van der Waals surface area contributed by atoms with E-state index in [-0.39, 0.29) is 35.9 Å². The lowest BCUT2D eigenvalue weighted by Gasteiger charge is -2.28. The summed E-state index contributed by atoms with van der Waals surface area (Å²) in [4.78, 5) is 26.3. The number of nitrogens with two attached hydrogens (primary N) is 1. The van der Waals surface area contributed by atoms with Gasteiger partial charge in [0.1, 0.15) is 0 Å². The number of nitrogens with one attached hydrogen (secondary N) is 1. The molecule has 30 heavy (non-hydrogen) atoms. The molecule has 4 N–H and O–H groups in total. The molecule has 2 heterocycles. The molecule has 0 saturated heterocycles. The maximum atomic E-state index is 13.2. The number of carboxylic acids is 1. The number of hydrogen-bond donors (Lipinski definition) is 3. The summed E-state index contributed by atoms with van der Waals surface area (Å²) in [6.45, 7) is 3.56. The van der Waals surface area contributed by atoms with Crippen LogP contribution in [0.5, 0.6) is 0 Å². The Hall–Kier alpha value is -3.12. The molecule has 0 saturated carbocycles. The second-order valence-electron chi connectivity index (χ2n) is 7.96. The highest BCUT2D eigenvalue weighted by molar-refractivity contribution is 5.87. The summed E-state index contributed by atoms with van der Waals surface area (Å²) >= 11 is 0. The van der Waals surface area contributed by atoms with Crippen molar-refractivity contribution in [3.05, 3.63) is 82.6 Å². The number of hydrogen-bond acceptors (Lipinski definition) is 4. The van der Waals surface area contributed by atoms with Gasteiger partial charge in [0, 0.05) is 30.7 Å². The molecule has 0 aliphatic carbocycles. The third-order valence-corrected chi connectivity index (χ3v) is 6.24. The lowest BCUT2D eigenvalue weighted by Crippen LogP contribution is -2.40. The van der Waals surface area contributed by atoms with Crippen molar-refractivity contribution in [3.8, 4) is 0 Å². The molecule has 156 valence electrons. The normalized spacial score (nSPS) is 21.3. The zero-order valence-corrected chi connectivity index (χ0v) is 17.0. The molecule has 0 fully saturated rings. The molecule has 3 unspecified atom stereocenters. The van der Waals surface area contributed by atoms with Crippen LogP contribution in [0.25, 0.3) is 0 Å². The van der Waals surface area contributed by atoms with E-state index in [1.54, 1.807) is 12.1 Å². The summed E-state index contributed by atoms with van der Waals surface area (Å²) in [5.74, 6) is -1.09. The quantitative estimate of drug-likeness (QED) is 0.687. The Morgan fingerprint density at radius 2 is 1.83 bits per heavy atom. The minimum atomic E-state index is -0.926. The summed E-state index contributed by atoms with van der Waals surface area (Å²) < 4.78 is 0. The lowest BCUT2D eigenvalue weighted by atomic mass is 9.86. The maximum Gasteiger partial charge on any atom is 0.335 e. The molecular formula is C24H27N3O3. The SMILES string of the molecule is CCC1NC2=C(CN(C(=O)C(CN)c3ccccc3)C2)C1c1ccc(C(=O)O)cc1. The van der Waals surface area contributed by atoms with Gasteiger partial charge in [-0.3, -0.25) is 4.79 Å². The van der Waals surface area contributed by atoms with Gasteiger partial charge >= 0.3 is 5.97 Å². The minimum Gasteiger partial charge on any atom is -0.478 e. The molecule has 2 aromatic carbocycles. The largest absolute Gasteiger partial charge is 0.478 e. The predicted molar refractivity (Wildman–Crippen MR) is 115 cm³/mol. The molecular weight excluding hydrogens is 378 g/mol. The smallest absolute Gasteiger partial charge is 0.335 e. The highest BCUT2D eigenvalue weighted by Gasteiger charge is 2.41. The fraction of sp³-hybridized carbons (Fsp3) is 0.333. The van der Waals surface area contributed by atoms with E-state index in [4.69, 9.17) is 5.73 Å². The molecule has 2 aliphatic rings. The minimum absolute atomic E-state index is 0.0490. The van der Waals surface area contributed by atoms with Gasteiger partial charge in [-0.2, -0.15) is 0 Å². The molecule has 0 radical (unpaired) electrons. The first-order valence-corrected chi connectivity index (χ1v) is 10.4. The van der Waals surface area contributed by atoms with Gasteiger partial charge in [0.25, 0.3) is 0 Å². The van der Waals surface area contributed by atoms with E-state index in [0.717, 1.165) is 23.2 Å². The van der Waals surface area contributed by atoms with Crippen LogP contribution >= 0.6 is 0 Å². The van der Waals surface area contributed by atoms with Crippen molar-refractivity contribution in [3.63, 3.8) is 0 Å². The summed E-state index contributed by atoms with van der Waals surface area (Å²) in [6, 6.07) is 17.0. The second kappa shape index (κ2) is 8.32. The van der Waals surface area contributed by atoms with Crippen molar-refractivity contribution in [1.29, 1.82) is 0 Å². The van der Waals surface area contributed by atoms with E-state index in [1.165, 1.54) is 5.57 Å². The topological polar surface area (TPSA) is 95.7 Å². The van der Waals surface area contributed by atoms with Gasteiger partial charge in [-0.1, -0.05) is 49.4 Å². The standard InChI is InChI=1S/C24H27N3O3/c1-2-20-22(16-8-10-17(11-9-16)24(29)30)19-13-27(14-21(19)26-20)23(28)18(12-25)15-6-4-3-5-7-15/h3-11,18,20,22,26H,2,12-14,25H2,1H3,(H,29,30). The van der Waals surface area contributed by atoms with Gasteiger partial charge in [0.2, 0.25) is 5.91 Å². The summed E-state index contributed by atoms with van der Waals surface area (Å²) in [5.41, 5.74) is 10.6. The first-order valence-electron chi connectivity index (χ1n) is 10.4. The van der Waals surface area contributed by atoms with Crippen LogP contribution in [0.15, 0.2) is 65.9 Å². The van der Waals surface area contributed by atoms with Crippen LogP contribution < -0.4 is 11.1 Å². The average molecular weight is 405 g/mol. The second-order valence-corrected chi connectivity index (χ2v) is 7.96. The molecule has 1 amide bonds. The Balaban J connectivity index is 1.55. The van der Waals surface area contributed by atoms with Crippen molar-refractivity contribution < 1.29 is 14.7 Å². The van der Waals surface area contributed by atoms with Crippen LogP contribution in [0.2, 0.25) is 0 Å². The molecule has 2 aliphatic heterocycles. The molecule has 0 aromatic heterocycles. The van der Waals surface area contributed by atoms with Crippen molar-refractivity contribution in [1.82, 2.24) is 10.2 Å². The van der Waals surface area contributed by atoms with Crippen LogP contribution in [0, 0.1) is 0 Å². The van der Waals surface area contributed by atoms with Crippen LogP contribution in [0.3, 0.4) is 0 Å². The number of carboxylic acid groups (broad SMARTS) is 1. The molecule has 0 spiro atoms. The third-order valence-electron chi connectivity index (χ3n) is 6.24. The van der Waals surface area contributed by atoms with Crippen LogP contribution in [0.1, 0.15) is 46.7 Å². The van der Waals surface area contributed by atoms with Crippen molar-refractivity contribution in [2.75, 3.05) is 19.6 Å². The molecule has 4 rings (SSSR count). The van der Waals surface area contributed by atoms with Gasteiger partial charge in [-0.15, -0.1) is 0 Å². The Morgan fingerprint density at radius 1 is 1.13 bits per heavy atom. The molecule has 6 nitrogen and oxygen atoms in total. The Bertz CT molecular complexity index is 969. The van der Waals surface area contributed by atoms with Gasteiger partial charge in [-0.05, 0) is 35.3 Å². The molecule has 6 heteroatoms. The Kier molecular flexibility index (Phi) is 5.59. The van der Waals surface area contributed by atoms with E-state index in [9.17, 15) is 14.7 Å². The van der Waals surface area contributed by atoms with Gasteiger partial charge in [0.15, 0.2) is 0 Å². The molecule has 3 atom stereocenters. The first kappa shape index (κ1) is 20.2. The summed E-state index contributed by atoms with van der Waals surface area (Å²) in [7, 11) is 0. The number of nitrogens with zero attached hydrogens (tertiary/aromatic N) is 1. The molecule has 0 bridgehead atoms. The van der Waals surface area contributed by atoms with Crippen LogP contribution in [-0.2, 0) is 4.79 Å². The van der Waals surface area contributed by atoms with Crippen LogP contribution in [-0.4, -0.2) is 47.6 Å². The summed E-state index contributed by atoms with van der Waals surface area (Å²) in [5, 5.41) is 12.8. The highest BCUT2D eigenvalue weighted by Crippen LogP contribution is 2.40. The fourth-order valence-corrected chi connectivity index (χ4v) is 4.67. The number of amides is 1. The average Bonchev–Trinajstić information content (AvgIpc) is 3.32. The third kappa shape index (κ3) is 3.59. The number of carbonyl (C=O) groups excluding carboxylic acids is 1. The number of benzene rings is 2. The zero-order valence-electron chi connectivity index (χ0n) is 17.0. The first-order chi connectivity index (χ1) is 14.5. The van der Waals surface area contributed by atoms with E-state index in [1.807, 2.05) is 47.4 Å². The summed E-state index contributed by atoms with van der Waals surface area (Å²) in [6.07, 6.45) is 0.946. The van der Waals surface area contributed by atoms with Gasteiger partial charge in [0.05, 0.1) is 18.0 Å². The maximum absolute atomic E-state index is 13.2. The lowest BCUT2D eigenvalue weighted by molar-refractivity contribution is -0.131. The zero-order chi connectivity index (χ0) is 21.3. The van der Waals surface area contributed by atoms with Crippen molar-refractivity contribution >= 4 is 11.9 Å². The van der Waals surface area contributed by atoms with E-state index in [2.05, 4.69) is 12.2 Å². The predicted octanol–water partition coefficient (Wildman–Crippen LogP) is 2.69. The van der Waals surface area contributed by atoms with E-state index in [0.29, 0.717) is 13.1 Å². The Morgan fingerprint density at radius 3 is 2.43 bits per heavy atom. The highest BCUT2D eigenvalue weighted by atomic mass is 16.4. The number of aromatic carboxylic acids is 1.